The first kappa shape index (κ1) is 10.5. The SMILES string of the molecule is Fc1cccc(-c2nc(-c3cnccn3)no2)c1. The van der Waals surface area contributed by atoms with E-state index >= 15 is 0 Å². The number of rotatable bonds is 2. The van der Waals surface area contributed by atoms with Crippen molar-refractivity contribution in [1.29, 1.82) is 0 Å². The van der Waals surface area contributed by atoms with E-state index in [1.165, 1.54) is 24.5 Å². The van der Waals surface area contributed by atoms with Crippen molar-refractivity contribution >= 4 is 0 Å². The molecule has 0 aliphatic rings. The summed E-state index contributed by atoms with van der Waals surface area (Å²) in [5, 5.41) is 3.78. The molecule has 2 heterocycles. The molecule has 0 saturated carbocycles. The molecule has 2 aromatic heterocycles. The maximum Gasteiger partial charge on any atom is 0.258 e. The van der Waals surface area contributed by atoms with Crippen molar-refractivity contribution in [3.63, 3.8) is 0 Å². The van der Waals surface area contributed by atoms with E-state index in [1.807, 2.05) is 0 Å². The summed E-state index contributed by atoms with van der Waals surface area (Å²) in [4.78, 5) is 12.1. The maximum absolute atomic E-state index is 13.1. The van der Waals surface area contributed by atoms with Gasteiger partial charge in [0.2, 0.25) is 5.82 Å². The zero-order valence-corrected chi connectivity index (χ0v) is 9.12. The number of aromatic nitrogens is 4. The zero-order chi connectivity index (χ0) is 12.4. The van der Waals surface area contributed by atoms with Gasteiger partial charge in [0.1, 0.15) is 11.5 Å². The molecular formula is C12H7FN4O. The number of benzene rings is 1. The van der Waals surface area contributed by atoms with E-state index in [1.54, 1.807) is 18.3 Å². The van der Waals surface area contributed by atoms with Gasteiger partial charge in [0.15, 0.2) is 0 Å². The van der Waals surface area contributed by atoms with Gasteiger partial charge in [-0.15, -0.1) is 0 Å². The van der Waals surface area contributed by atoms with Crippen LogP contribution < -0.4 is 0 Å². The van der Waals surface area contributed by atoms with Gasteiger partial charge in [-0.1, -0.05) is 11.2 Å². The van der Waals surface area contributed by atoms with Gasteiger partial charge in [0, 0.05) is 18.0 Å². The predicted molar refractivity (Wildman–Crippen MR) is 60.7 cm³/mol. The Morgan fingerprint density at radius 2 is 2.11 bits per heavy atom. The summed E-state index contributed by atoms with van der Waals surface area (Å²) in [5.41, 5.74) is 1.03. The van der Waals surface area contributed by atoms with E-state index in [-0.39, 0.29) is 11.7 Å². The Bertz CT molecular complexity index is 669. The minimum atomic E-state index is -0.355. The zero-order valence-electron chi connectivity index (χ0n) is 9.12. The van der Waals surface area contributed by atoms with Crippen LogP contribution in [0.15, 0.2) is 47.4 Å². The number of hydrogen-bond acceptors (Lipinski definition) is 5. The van der Waals surface area contributed by atoms with Gasteiger partial charge in [-0.2, -0.15) is 4.98 Å². The number of hydrogen-bond donors (Lipinski definition) is 0. The summed E-state index contributed by atoms with van der Waals surface area (Å²) >= 11 is 0. The Morgan fingerprint density at radius 1 is 1.17 bits per heavy atom. The summed E-state index contributed by atoms with van der Waals surface area (Å²) in [6.07, 6.45) is 4.62. The largest absolute Gasteiger partial charge is 0.334 e. The lowest BCUT2D eigenvalue weighted by Crippen LogP contribution is -1.86. The Balaban J connectivity index is 2.00. The first-order valence-electron chi connectivity index (χ1n) is 5.19. The average molecular weight is 242 g/mol. The van der Waals surface area contributed by atoms with Crippen LogP contribution in [0.25, 0.3) is 23.0 Å². The van der Waals surface area contributed by atoms with Crippen LogP contribution in [0.4, 0.5) is 4.39 Å². The maximum atomic E-state index is 13.1. The van der Waals surface area contributed by atoms with Crippen molar-refractivity contribution in [3.05, 3.63) is 48.7 Å². The molecule has 0 amide bonds. The first-order valence-corrected chi connectivity index (χ1v) is 5.19. The molecule has 0 saturated heterocycles. The van der Waals surface area contributed by atoms with Crippen LogP contribution in [0, 0.1) is 5.82 Å². The van der Waals surface area contributed by atoms with Crippen LogP contribution in [0.1, 0.15) is 0 Å². The second kappa shape index (κ2) is 4.33. The van der Waals surface area contributed by atoms with Crippen molar-refractivity contribution in [2.75, 3.05) is 0 Å². The van der Waals surface area contributed by atoms with Crippen molar-refractivity contribution < 1.29 is 8.91 Å². The monoisotopic (exact) mass is 242 g/mol. The van der Waals surface area contributed by atoms with E-state index in [9.17, 15) is 4.39 Å². The van der Waals surface area contributed by atoms with E-state index in [2.05, 4.69) is 20.1 Å². The summed E-state index contributed by atoms with van der Waals surface area (Å²) in [6, 6.07) is 5.95. The summed E-state index contributed by atoms with van der Waals surface area (Å²) in [6.45, 7) is 0. The van der Waals surface area contributed by atoms with E-state index in [0.29, 0.717) is 17.1 Å². The Hall–Kier alpha value is -2.63. The Morgan fingerprint density at radius 3 is 2.89 bits per heavy atom. The summed E-state index contributed by atoms with van der Waals surface area (Å²) in [7, 11) is 0. The van der Waals surface area contributed by atoms with Crippen LogP contribution in [0.5, 0.6) is 0 Å². The molecule has 3 aromatic rings. The third-order valence-electron chi connectivity index (χ3n) is 2.29. The molecule has 1 aromatic carbocycles. The quantitative estimate of drug-likeness (QED) is 0.690. The van der Waals surface area contributed by atoms with Crippen LogP contribution in [0.2, 0.25) is 0 Å². The van der Waals surface area contributed by atoms with Crippen molar-refractivity contribution in [1.82, 2.24) is 20.1 Å². The Labute approximate surface area is 101 Å². The van der Waals surface area contributed by atoms with Gasteiger partial charge in [0.05, 0.1) is 6.20 Å². The smallest absolute Gasteiger partial charge is 0.258 e. The molecule has 0 spiro atoms. The molecule has 0 aliphatic carbocycles. The standard InChI is InChI=1S/C12H7FN4O/c13-9-3-1-2-8(6-9)12-16-11(17-18-12)10-7-14-4-5-15-10/h1-7H. The van der Waals surface area contributed by atoms with Crippen molar-refractivity contribution in [3.8, 4) is 23.0 Å². The highest BCUT2D eigenvalue weighted by Gasteiger charge is 2.11. The lowest BCUT2D eigenvalue weighted by Gasteiger charge is -1.93. The van der Waals surface area contributed by atoms with Gasteiger partial charge >= 0.3 is 0 Å². The summed E-state index contributed by atoms with van der Waals surface area (Å²) in [5.74, 6) is 0.212. The summed E-state index contributed by atoms with van der Waals surface area (Å²) < 4.78 is 18.1. The van der Waals surface area contributed by atoms with Crippen LogP contribution >= 0.6 is 0 Å². The third-order valence-corrected chi connectivity index (χ3v) is 2.29. The van der Waals surface area contributed by atoms with Gasteiger partial charge in [-0.3, -0.25) is 4.98 Å². The second-order valence-electron chi connectivity index (χ2n) is 3.52. The molecule has 0 atom stereocenters. The fourth-order valence-corrected chi connectivity index (χ4v) is 1.48. The molecule has 3 rings (SSSR count). The van der Waals surface area contributed by atoms with Gasteiger partial charge in [0.25, 0.3) is 5.89 Å². The molecule has 0 unspecified atom stereocenters. The molecule has 88 valence electrons. The molecule has 0 N–H and O–H groups in total. The van der Waals surface area contributed by atoms with Crippen LogP contribution in [-0.4, -0.2) is 20.1 Å². The molecule has 0 radical (unpaired) electrons. The van der Waals surface area contributed by atoms with Gasteiger partial charge in [-0.25, -0.2) is 9.37 Å². The molecule has 6 heteroatoms. The average Bonchev–Trinajstić information content (AvgIpc) is 2.89. The minimum absolute atomic E-state index is 0.246. The van der Waals surface area contributed by atoms with Crippen LogP contribution in [0.3, 0.4) is 0 Å². The highest BCUT2D eigenvalue weighted by Crippen LogP contribution is 2.20. The van der Waals surface area contributed by atoms with Crippen molar-refractivity contribution in [2.45, 2.75) is 0 Å². The second-order valence-corrected chi connectivity index (χ2v) is 3.52. The minimum Gasteiger partial charge on any atom is -0.334 e. The molecule has 0 aliphatic heterocycles. The first-order chi connectivity index (χ1) is 8.83. The highest BCUT2D eigenvalue weighted by atomic mass is 19.1. The van der Waals surface area contributed by atoms with Gasteiger partial charge in [-0.05, 0) is 18.2 Å². The molecular weight excluding hydrogens is 235 g/mol. The topological polar surface area (TPSA) is 64.7 Å². The van der Waals surface area contributed by atoms with E-state index in [4.69, 9.17) is 4.52 Å². The molecule has 0 fully saturated rings. The highest BCUT2D eigenvalue weighted by molar-refractivity contribution is 5.56. The fourth-order valence-electron chi connectivity index (χ4n) is 1.48. The third kappa shape index (κ3) is 1.95. The Kier molecular flexibility index (Phi) is 2.53. The van der Waals surface area contributed by atoms with E-state index in [0.717, 1.165) is 0 Å². The lowest BCUT2D eigenvalue weighted by molar-refractivity contribution is 0.432. The number of halogens is 1. The molecule has 5 nitrogen and oxygen atoms in total. The molecule has 18 heavy (non-hydrogen) atoms. The van der Waals surface area contributed by atoms with E-state index < -0.39 is 0 Å². The lowest BCUT2D eigenvalue weighted by atomic mass is 10.2. The van der Waals surface area contributed by atoms with Crippen LogP contribution in [-0.2, 0) is 0 Å². The van der Waals surface area contributed by atoms with Crippen molar-refractivity contribution in [2.24, 2.45) is 0 Å². The normalized spacial score (nSPS) is 10.5. The molecule has 0 bridgehead atoms. The number of nitrogens with zero attached hydrogens (tertiary/aromatic N) is 4. The van der Waals surface area contributed by atoms with Gasteiger partial charge < -0.3 is 4.52 Å². The predicted octanol–water partition coefficient (Wildman–Crippen LogP) is 2.33. The fraction of sp³-hybridized carbons (Fsp3) is 0.